The molecule has 0 saturated heterocycles. The maximum atomic E-state index is 12.9. The number of benzene rings is 1. The first-order valence-electron chi connectivity index (χ1n) is 8.95. The van der Waals surface area contributed by atoms with Crippen LogP contribution in [0.15, 0.2) is 12.1 Å². The lowest BCUT2D eigenvalue weighted by molar-refractivity contribution is 0.1000. The van der Waals surface area contributed by atoms with Crippen LogP contribution in [0, 0.1) is 5.92 Å². The number of anilines is 1. The molecule has 0 spiro atoms. The van der Waals surface area contributed by atoms with Gasteiger partial charge >= 0.3 is 0 Å². The number of amides is 2. The fourth-order valence-electron chi connectivity index (χ4n) is 3.49. The molecule has 8 heteroatoms. The molecular formula is C20H24N2O5S. The Hall–Kier alpha value is -2.74. The highest BCUT2D eigenvalue weighted by molar-refractivity contribution is 7.17. The van der Waals surface area contributed by atoms with Crippen LogP contribution in [0.1, 0.15) is 44.5 Å². The van der Waals surface area contributed by atoms with Gasteiger partial charge in [0.05, 0.1) is 26.9 Å². The quantitative estimate of drug-likeness (QED) is 0.770. The van der Waals surface area contributed by atoms with Crippen molar-refractivity contribution in [2.24, 2.45) is 11.7 Å². The zero-order valence-corrected chi connectivity index (χ0v) is 17.2. The summed E-state index contributed by atoms with van der Waals surface area (Å²) in [4.78, 5) is 26.1. The van der Waals surface area contributed by atoms with Crippen LogP contribution >= 0.6 is 11.3 Å². The molecule has 2 amide bonds. The number of nitrogens with one attached hydrogen (secondary N) is 1. The number of hydrogen-bond acceptors (Lipinski definition) is 6. The van der Waals surface area contributed by atoms with E-state index in [0.29, 0.717) is 39.3 Å². The minimum absolute atomic E-state index is 0.324. The van der Waals surface area contributed by atoms with Gasteiger partial charge in [0.15, 0.2) is 11.5 Å². The summed E-state index contributed by atoms with van der Waals surface area (Å²) >= 11 is 1.42. The Morgan fingerprint density at radius 2 is 1.79 bits per heavy atom. The average molecular weight is 404 g/mol. The number of carbonyl (C=O) groups excluding carboxylic acids is 2. The summed E-state index contributed by atoms with van der Waals surface area (Å²) < 4.78 is 15.9. The number of aryl methyl sites for hydroxylation is 1. The summed E-state index contributed by atoms with van der Waals surface area (Å²) in [5.41, 5.74) is 7.35. The summed E-state index contributed by atoms with van der Waals surface area (Å²) in [7, 11) is 4.47. The zero-order valence-electron chi connectivity index (χ0n) is 16.4. The van der Waals surface area contributed by atoms with E-state index in [9.17, 15) is 9.59 Å². The summed E-state index contributed by atoms with van der Waals surface area (Å²) in [6, 6.07) is 3.13. The predicted molar refractivity (Wildman–Crippen MR) is 108 cm³/mol. The third-order valence-corrected chi connectivity index (χ3v) is 6.12. The fourth-order valence-corrected chi connectivity index (χ4v) is 4.74. The smallest absolute Gasteiger partial charge is 0.256 e. The molecule has 1 aromatic carbocycles. The van der Waals surface area contributed by atoms with Crippen molar-refractivity contribution in [2.45, 2.75) is 26.2 Å². The molecule has 3 rings (SSSR count). The van der Waals surface area contributed by atoms with Crippen molar-refractivity contribution in [3.63, 3.8) is 0 Å². The third-order valence-electron chi connectivity index (χ3n) is 4.91. The largest absolute Gasteiger partial charge is 0.493 e. The molecule has 1 heterocycles. The molecule has 28 heavy (non-hydrogen) atoms. The van der Waals surface area contributed by atoms with Crippen LogP contribution in [0.25, 0.3) is 0 Å². The summed E-state index contributed by atoms with van der Waals surface area (Å²) in [6.45, 7) is 2.15. The molecule has 7 nitrogen and oxygen atoms in total. The van der Waals surface area contributed by atoms with E-state index in [-0.39, 0.29) is 5.91 Å². The molecule has 1 atom stereocenters. The van der Waals surface area contributed by atoms with Crippen molar-refractivity contribution < 1.29 is 23.8 Å². The highest BCUT2D eigenvalue weighted by Crippen LogP contribution is 2.41. The van der Waals surface area contributed by atoms with Crippen molar-refractivity contribution in [1.29, 1.82) is 0 Å². The minimum atomic E-state index is -0.521. The number of primary amides is 1. The zero-order chi connectivity index (χ0) is 20.4. The summed E-state index contributed by atoms with van der Waals surface area (Å²) in [6.07, 6.45) is 2.75. The average Bonchev–Trinajstić information content (AvgIpc) is 3.03. The second-order valence-corrected chi connectivity index (χ2v) is 7.89. The molecule has 0 fully saturated rings. The molecule has 0 aliphatic heterocycles. The van der Waals surface area contributed by atoms with Crippen LogP contribution in [0.5, 0.6) is 17.2 Å². The molecule has 150 valence electrons. The van der Waals surface area contributed by atoms with Crippen molar-refractivity contribution in [3.05, 3.63) is 33.7 Å². The van der Waals surface area contributed by atoms with Gasteiger partial charge in [0.2, 0.25) is 5.75 Å². The molecule has 3 N–H and O–H groups in total. The van der Waals surface area contributed by atoms with E-state index in [0.717, 1.165) is 29.7 Å². The number of ether oxygens (including phenoxy) is 3. The van der Waals surface area contributed by atoms with Gasteiger partial charge < -0.3 is 25.3 Å². The minimum Gasteiger partial charge on any atom is -0.493 e. The second-order valence-electron chi connectivity index (χ2n) is 6.79. The first-order valence-corrected chi connectivity index (χ1v) is 9.76. The number of methoxy groups -OCH3 is 3. The van der Waals surface area contributed by atoms with E-state index < -0.39 is 5.91 Å². The number of thiophene rings is 1. The molecule has 0 radical (unpaired) electrons. The van der Waals surface area contributed by atoms with Gasteiger partial charge in [-0.25, -0.2) is 0 Å². The van der Waals surface area contributed by atoms with E-state index >= 15 is 0 Å². The van der Waals surface area contributed by atoms with E-state index in [2.05, 4.69) is 12.2 Å². The SMILES string of the molecule is COc1cc(C(=O)Nc2sc3c(c2C(N)=O)CC(C)CC3)cc(OC)c1OC. The van der Waals surface area contributed by atoms with Gasteiger partial charge in [0, 0.05) is 10.4 Å². The van der Waals surface area contributed by atoms with Crippen LogP contribution in [0.3, 0.4) is 0 Å². The predicted octanol–water partition coefficient (Wildman–Crippen LogP) is 3.25. The molecular weight excluding hydrogens is 380 g/mol. The second kappa shape index (κ2) is 8.10. The molecule has 1 aliphatic carbocycles. The highest BCUT2D eigenvalue weighted by atomic mass is 32.1. The Morgan fingerprint density at radius 1 is 1.14 bits per heavy atom. The number of carbonyl (C=O) groups is 2. The first kappa shape index (κ1) is 20.0. The lowest BCUT2D eigenvalue weighted by atomic mass is 9.87. The topological polar surface area (TPSA) is 99.9 Å². The van der Waals surface area contributed by atoms with Crippen molar-refractivity contribution in [2.75, 3.05) is 26.6 Å². The lowest BCUT2D eigenvalue weighted by Crippen LogP contribution is -2.20. The molecule has 2 aromatic rings. The Labute approximate surface area is 167 Å². The fraction of sp³-hybridized carbons (Fsp3) is 0.400. The molecule has 0 saturated carbocycles. The number of hydrogen-bond donors (Lipinski definition) is 2. The first-order chi connectivity index (χ1) is 13.4. The van der Waals surface area contributed by atoms with Crippen LogP contribution in [0.4, 0.5) is 5.00 Å². The Morgan fingerprint density at radius 3 is 2.32 bits per heavy atom. The molecule has 0 bridgehead atoms. The Bertz CT molecular complexity index is 897. The van der Waals surface area contributed by atoms with Gasteiger partial charge in [-0.05, 0) is 42.9 Å². The van der Waals surface area contributed by atoms with Gasteiger partial charge in [-0.3, -0.25) is 9.59 Å². The Kier molecular flexibility index (Phi) is 5.79. The van der Waals surface area contributed by atoms with Crippen molar-refractivity contribution in [3.8, 4) is 17.2 Å². The van der Waals surface area contributed by atoms with Crippen molar-refractivity contribution >= 4 is 28.2 Å². The Balaban J connectivity index is 1.97. The van der Waals surface area contributed by atoms with Gasteiger partial charge in [0.1, 0.15) is 5.00 Å². The molecule has 1 unspecified atom stereocenters. The standard InChI is InChI=1S/C20H24N2O5S/c1-10-5-6-15-12(7-10)16(18(21)23)20(28-15)22-19(24)11-8-13(25-2)17(27-4)14(9-11)26-3/h8-10H,5-7H2,1-4H3,(H2,21,23)(H,22,24). The summed E-state index contributed by atoms with van der Waals surface area (Å²) in [5.74, 6) is 0.738. The third kappa shape index (κ3) is 3.64. The number of fused-ring (bicyclic) bond motifs is 1. The van der Waals surface area contributed by atoms with Gasteiger partial charge in [-0.1, -0.05) is 6.92 Å². The number of rotatable bonds is 6. The van der Waals surface area contributed by atoms with E-state index in [4.69, 9.17) is 19.9 Å². The highest BCUT2D eigenvalue weighted by Gasteiger charge is 2.28. The number of nitrogens with two attached hydrogens (primary N) is 1. The van der Waals surface area contributed by atoms with Crippen LogP contribution in [0.2, 0.25) is 0 Å². The monoisotopic (exact) mass is 404 g/mol. The van der Waals surface area contributed by atoms with Crippen LogP contribution in [-0.2, 0) is 12.8 Å². The van der Waals surface area contributed by atoms with Crippen LogP contribution in [-0.4, -0.2) is 33.1 Å². The lowest BCUT2D eigenvalue weighted by Gasteiger charge is -2.18. The normalized spacial score (nSPS) is 15.5. The molecule has 1 aliphatic rings. The molecule has 1 aromatic heterocycles. The van der Waals surface area contributed by atoms with E-state index in [1.807, 2.05) is 0 Å². The van der Waals surface area contributed by atoms with Crippen LogP contribution < -0.4 is 25.3 Å². The van der Waals surface area contributed by atoms with E-state index in [1.165, 1.54) is 32.7 Å². The maximum Gasteiger partial charge on any atom is 0.256 e. The van der Waals surface area contributed by atoms with Gasteiger partial charge in [-0.15, -0.1) is 11.3 Å². The maximum absolute atomic E-state index is 12.9. The van der Waals surface area contributed by atoms with E-state index in [1.54, 1.807) is 12.1 Å². The van der Waals surface area contributed by atoms with Gasteiger partial charge in [-0.2, -0.15) is 0 Å². The van der Waals surface area contributed by atoms with Gasteiger partial charge in [0.25, 0.3) is 11.8 Å². The summed E-state index contributed by atoms with van der Waals surface area (Å²) in [5, 5.41) is 3.34. The van der Waals surface area contributed by atoms with Crippen molar-refractivity contribution in [1.82, 2.24) is 0 Å².